The molecule has 0 amide bonds. The van der Waals surface area contributed by atoms with Crippen molar-refractivity contribution in [1.29, 1.82) is 0 Å². The summed E-state index contributed by atoms with van der Waals surface area (Å²) in [5.41, 5.74) is 5.10. The molecule has 0 aliphatic heterocycles. The molecule has 1 aliphatic rings. The first-order valence-corrected chi connectivity index (χ1v) is 7.64. The second-order valence-electron chi connectivity index (χ2n) is 6.07. The predicted octanol–water partition coefficient (Wildman–Crippen LogP) is 2.70. The average Bonchev–Trinajstić information content (AvgIpc) is 2.54. The number of halogens is 3. The van der Waals surface area contributed by atoms with Gasteiger partial charge in [0.2, 0.25) is 0 Å². The molecule has 1 aromatic carbocycles. The number of ketones is 1. The van der Waals surface area contributed by atoms with E-state index in [9.17, 15) is 18.0 Å². The van der Waals surface area contributed by atoms with Crippen molar-refractivity contribution in [2.24, 2.45) is 5.73 Å². The number of carbonyl (C=O) groups is 1. The Balaban J connectivity index is 1.89. The van der Waals surface area contributed by atoms with Crippen molar-refractivity contribution >= 4 is 5.78 Å². The van der Waals surface area contributed by atoms with E-state index in [-0.39, 0.29) is 17.9 Å². The molecular formula is C17H16F3N3O. The van der Waals surface area contributed by atoms with Crippen molar-refractivity contribution in [3.63, 3.8) is 0 Å². The molecule has 3 rings (SSSR count). The normalized spacial score (nSPS) is 15.8. The maximum Gasteiger partial charge on any atom is 0.179 e. The number of Topliss-reactive ketones (excluding diaryl/α,β-unsaturated/α-hetero) is 1. The zero-order valence-electron chi connectivity index (χ0n) is 12.9. The fraction of sp³-hybridized carbons (Fsp3) is 0.353. The second kappa shape index (κ2) is 6.32. The van der Waals surface area contributed by atoms with E-state index in [0.717, 1.165) is 12.5 Å². The molecule has 1 fully saturated rings. The third-order valence-electron chi connectivity index (χ3n) is 4.60. The van der Waals surface area contributed by atoms with E-state index in [1.54, 1.807) is 0 Å². The topological polar surface area (TPSA) is 68.9 Å². The van der Waals surface area contributed by atoms with Crippen LogP contribution in [0.25, 0.3) is 0 Å². The smallest absolute Gasteiger partial charge is 0.179 e. The number of hydrogen-bond donors (Lipinski definition) is 1. The van der Waals surface area contributed by atoms with E-state index in [4.69, 9.17) is 5.73 Å². The van der Waals surface area contributed by atoms with Gasteiger partial charge in [0.1, 0.15) is 11.6 Å². The molecule has 1 heterocycles. The standard InChI is InChI=1S/C17H16F3N3O/c18-12-5-14(20)13(19)4-11(12)17(2-1-3-17)6-16-22-8-10(9-23-16)15(24)7-21/h4-5,8-9H,1-3,6-7,21H2. The quantitative estimate of drug-likeness (QED) is 0.674. The molecular weight excluding hydrogens is 319 g/mol. The monoisotopic (exact) mass is 335 g/mol. The van der Waals surface area contributed by atoms with Crippen LogP contribution in [0.15, 0.2) is 24.5 Å². The summed E-state index contributed by atoms with van der Waals surface area (Å²) < 4.78 is 40.9. The van der Waals surface area contributed by atoms with Crippen molar-refractivity contribution in [1.82, 2.24) is 9.97 Å². The van der Waals surface area contributed by atoms with Gasteiger partial charge >= 0.3 is 0 Å². The minimum atomic E-state index is -1.20. The minimum Gasteiger partial charge on any atom is -0.324 e. The summed E-state index contributed by atoms with van der Waals surface area (Å²) in [5.74, 6) is -2.88. The van der Waals surface area contributed by atoms with Crippen molar-refractivity contribution in [3.05, 3.63) is 58.9 Å². The van der Waals surface area contributed by atoms with E-state index < -0.39 is 22.9 Å². The minimum absolute atomic E-state index is 0.132. The van der Waals surface area contributed by atoms with Crippen LogP contribution in [-0.4, -0.2) is 22.3 Å². The first-order chi connectivity index (χ1) is 11.4. The maximum atomic E-state index is 14.2. The van der Waals surface area contributed by atoms with Crippen LogP contribution in [0.1, 0.15) is 41.0 Å². The van der Waals surface area contributed by atoms with Gasteiger partial charge in [0.05, 0.1) is 12.1 Å². The Kier molecular flexibility index (Phi) is 4.36. The number of nitrogens with two attached hydrogens (primary N) is 1. The van der Waals surface area contributed by atoms with E-state index in [0.29, 0.717) is 36.7 Å². The fourth-order valence-electron chi connectivity index (χ4n) is 3.08. The van der Waals surface area contributed by atoms with Gasteiger partial charge in [-0.05, 0) is 24.5 Å². The van der Waals surface area contributed by atoms with Crippen LogP contribution in [0, 0.1) is 17.5 Å². The number of hydrogen-bond acceptors (Lipinski definition) is 4. The lowest BCUT2D eigenvalue weighted by Crippen LogP contribution is -2.38. The SMILES string of the molecule is NCC(=O)c1cnc(CC2(c3cc(F)c(F)cc3F)CCC2)nc1. The zero-order chi connectivity index (χ0) is 17.3. The lowest BCUT2D eigenvalue weighted by molar-refractivity contribution is 0.100. The first kappa shape index (κ1) is 16.6. The van der Waals surface area contributed by atoms with Crippen LogP contribution >= 0.6 is 0 Å². The van der Waals surface area contributed by atoms with Crippen LogP contribution in [0.4, 0.5) is 13.2 Å². The van der Waals surface area contributed by atoms with Crippen LogP contribution < -0.4 is 5.73 Å². The van der Waals surface area contributed by atoms with Crippen LogP contribution in [-0.2, 0) is 11.8 Å². The van der Waals surface area contributed by atoms with Gasteiger partial charge in [-0.2, -0.15) is 0 Å². The highest BCUT2D eigenvalue weighted by molar-refractivity contribution is 5.96. The van der Waals surface area contributed by atoms with Gasteiger partial charge in [-0.25, -0.2) is 23.1 Å². The third-order valence-corrected chi connectivity index (χ3v) is 4.60. The third kappa shape index (κ3) is 2.91. The Labute approximate surface area is 136 Å². The molecule has 0 unspecified atom stereocenters. The largest absolute Gasteiger partial charge is 0.324 e. The van der Waals surface area contributed by atoms with Crippen molar-refractivity contribution in [3.8, 4) is 0 Å². The number of rotatable bonds is 5. The van der Waals surface area contributed by atoms with Gasteiger partial charge in [0, 0.05) is 30.3 Å². The van der Waals surface area contributed by atoms with Gasteiger partial charge in [-0.15, -0.1) is 0 Å². The molecule has 1 saturated carbocycles. The van der Waals surface area contributed by atoms with Gasteiger partial charge < -0.3 is 5.73 Å². The molecule has 0 radical (unpaired) electrons. The summed E-state index contributed by atoms with van der Waals surface area (Å²) in [6, 6.07) is 1.50. The predicted molar refractivity (Wildman–Crippen MR) is 81.0 cm³/mol. The molecule has 0 saturated heterocycles. The maximum absolute atomic E-state index is 14.2. The highest BCUT2D eigenvalue weighted by atomic mass is 19.2. The van der Waals surface area contributed by atoms with E-state index in [2.05, 4.69) is 9.97 Å². The summed E-state index contributed by atoms with van der Waals surface area (Å²) in [6.45, 7) is -0.132. The van der Waals surface area contributed by atoms with Crippen LogP contribution in [0.2, 0.25) is 0 Å². The molecule has 1 aliphatic carbocycles. The van der Waals surface area contributed by atoms with Crippen LogP contribution in [0.5, 0.6) is 0 Å². The molecule has 7 heteroatoms. The van der Waals surface area contributed by atoms with Crippen LogP contribution in [0.3, 0.4) is 0 Å². The molecule has 4 nitrogen and oxygen atoms in total. The number of benzene rings is 1. The molecule has 0 spiro atoms. The fourth-order valence-corrected chi connectivity index (χ4v) is 3.08. The summed E-state index contributed by atoms with van der Waals surface area (Å²) in [7, 11) is 0. The first-order valence-electron chi connectivity index (χ1n) is 7.64. The molecule has 1 aromatic heterocycles. The van der Waals surface area contributed by atoms with Gasteiger partial charge in [0.25, 0.3) is 0 Å². The molecule has 0 bridgehead atoms. The molecule has 24 heavy (non-hydrogen) atoms. The summed E-state index contributed by atoms with van der Waals surface area (Å²) in [4.78, 5) is 19.7. The van der Waals surface area contributed by atoms with Crippen molar-refractivity contribution in [2.75, 3.05) is 6.54 Å². The number of aromatic nitrogens is 2. The molecule has 2 aromatic rings. The second-order valence-corrected chi connectivity index (χ2v) is 6.07. The zero-order valence-corrected chi connectivity index (χ0v) is 12.9. The van der Waals surface area contributed by atoms with Gasteiger partial charge in [0.15, 0.2) is 17.4 Å². The van der Waals surface area contributed by atoms with E-state index in [1.165, 1.54) is 12.4 Å². The highest BCUT2D eigenvalue weighted by Gasteiger charge is 2.42. The lowest BCUT2D eigenvalue weighted by atomic mass is 9.62. The highest BCUT2D eigenvalue weighted by Crippen LogP contribution is 2.47. The summed E-state index contributed by atoms with van der Waals surface area (Å²) in [5, 5.41) is 0. The Morgan fingerprint density at radius 2 is 1.71 bits per heavy atom. The Morgan fingerprint density at radius 1 is 1.08 bits per heavy atom. The Bertz CT molecular complexity index is 773. The molecule has 0 atom stereocenters. The number of nitrogens with zero attached hydrogens (tertiary/aromatic N) is 2. The van der Waals surface area contributed by atoms with Crippen molar-refractivity contribution < 1.29 is 18.0 Å². The molecule has 126 valence electrons. The van der Waals surface area contributed by atoms with E-state index in [1.807, 2.05) is 0 Å². The molecule has 2 N–H and O–H groups in total. The lowest BCUT2D eigenvalue weighted by Gasteiger charge is -2.42. The van der Waals surface area contributed by atoms with Gasteiger partial charge in [-0.1, -0.05) is 6.42 Å². The van der Waals surface area contributed by atoms with E-state index >= 15 is 0 Å². The Morgan fingerprint density at radius 3 is 2.25 bits per heavy atom. The average molecular weight is 335 g/mol. The number of carbonyl (C=O) groups excluding carboxylic acids is 1. The van der Waals surface area contributed by atoms with Crippen molar-refractivity contribution in [2.45, 2.75) is 31.1 Å². The summed E-state index contributed by atoms with van der Waals surface area (Å²) >= 11 is 0. The van der Waals surface area contributed by atoms with Gasteiger partial charge in [-0.3, -0.25) is 4.79 Å². The Hall–Kier alpha value is -2.28. The summed E-state index contributed by atoms with van der Waals surface area (Å²) in [6.07, 6.45) is 5.20.